The largest absolute Gasteiger partial charge is 0.480 e. The molecule has 1 rings (SSSR count). The van der Waals surface area contributed by atoms with Crippen LogP contribution >= 0.6 is 0 Å². The first kappa shape index (κ1) is 16.7. The Labute approximate surface area is 120 Å². The van der Waals surface area contributed by atoms with E-state index in [0.717, 1.165) is 28.3 Å². The van der Waals surface area contributed by atoms with E-state index >= 15 is 0 Å². The topological polar surface area (TPSA) is 74.7 Å². The van der Waals surface area contributed by atoms with Crippen molar-refractivity contribution < 1.29 is 18.3 Å². The van der Waals surface area contributed by atoms with Crippen LogP contribution in [0.2, 0.25) is 0 Å². The van der Waals surface area contributed by atoms with Crippen LogP contribution in [-0.4, -0.2) is 36.9 Å². The maximum atomic E-state index is 12.4. The van der Waals surface area contributed by atoms with Crippen molar-refractivity contribution in [3.05, 3.63) is 29.3 Å². The van der Waals surface area contributed by atoms with Gasteiger partial charge in [-0.2, -0.15) is 4.31 Å². The van der Waals surface area contributed by atoms with Gasteiger partial charge in [-0.25, -0.2) is 8.42 Å². The van der Waals surface area contributed by atoms with Gasteiger partial charge in [-0.1, -0.05) is 19.9 Å². The average Bonchev–Trinajstić information content (AvgIpc) is 2.44. The van der Waals surface area contributed by atoms with Gasteiger partial charge in [-0.15, -0.1) is 0 Å². The third-order valence-corrected chi connectivity index (χ3v) is 5.44. The third kappa shape index (κ3) is 3.19. The standard InChI is InChI=1S/C14H21NO4S/c1-5-11-7-8-13(9-12(11)6-2)20(18,19)15(4)10(3)14(16)17/h7-10H,5-6H2,1-4H3,(H,16,17). The predicted molar refractivity (Wildman–Crippen MR) is 77.2 cm³/mol. The minimum atomic E-state index is -3.79. The van der Waals surface area contributed by atoms with Crippen molar-refractivity contribution in [2.45, 2.75) is 44.6 Å². The number of rotatable bonds is 6. The summed E-state index contributed by atoms with van der Waals surface area (Å²) in [6.45, 7) is 5.33. The summed E-state index contributed by atoms with van der Waals surface area (Å²) in [5.74, 6) is -1.17. The Balaban J connectivity index is 3.25. The number of aliphatic carboxylic acids is 1. The van der Waals surface area contributed by atoms with Gasteiger partial charge in [-0.3, -0.25) is 4.79 Å². The van der Waals surface area contributed by atoms with Crippen LogP contribution in [0.1, 0.15) is 31.9 Å². The van der Waals surface area contributed by atoms with E-state index in [0.29, 0.717) is 0 Å². The number of benzene rings is 1. The number of carboxylic acids is 1. The molecule has 5 nitrogen and oxygen atoms in total. The van der Waals surface area contributed by atoms with Gasteiger partial charge in [0.15, 0.2) is 0 Å². The number of nitrogens with zero attached hydrogens (tertiary/aromatic N) is 1. The van der Waals surface area contributed by atoms with Gasteiger partial charge in [-0.05, 0) is 43.0 Å². The third-order valence-electron chi connectivity index (χ3n) is 3.52. The zero-order chi connectivity index (χ0) is 15.5. The maximum Gasteiger partial charge on any atom is 0.321 e. The number of carbonyl (C=O) groups is 1. The van der Waals surface area contributed by atoms with Crippen molar-refractivity contribution in [1.29, 1.82) is 0 Å². The van der Waals surface area contributed by atoms with Crippen LogP contribution in [0.4, 0.5) is 0 Å². The summed E-state index contributed by atoms with van der Waals surface area (Å²) in [6, 6.07) is 3.87. The number of hydrogen-bond donors (Lipinski definition) is 1. The van der Waals surface area contributed by atoms with Crippen molar-refractivity contribution in [3.8, 4) is 0 Å². The second-order valence-corrected chi connectivity index (χ2v) is 6.67. The summed E-state index contributed by atoms with van der Waals surface area (Å²) in [7, 11) is -2.50. The summed E-state index contributed by atoms with van der Waals surface area (Å²) in [5, 5.41) is 8.94. The highest BCUT2D eigenvalue weighted by molar-refractivity contribution is 7.89. The first-order valence-electron chi connectivity index (χ1n) is 6.58. The summed E-state index contributed by atoms with van der Waals surface area (Å²) >= 11 is 0. The number of likely N-dealkylation sites (N-methyl/N-ethyl adjacent to an activating group) is 1. The lowest BCUT2D eigenvalue weighted by molar-refractivity contribution is -0.140. The summed E-state index contributed by atoms with van der Waals surface area (Å²) in [4.78, 5) is 11.1. The highest BCUT2D eigenvalue weighted by atomic mass is 32.2. The fourth-order valence-electron chi connectivity index (χ4n) is 1.97. The molecule has 1 aromatic rings. The molecule has 1 atom stereocenters. The van der Waals surface area contributed by atoms with Crippen LogP contribution in [0.3, 0.4) is 0 Å². The lowest BCUT2D eigenvalue weighted by atomic mass is 10.0. The first-order valence-corrected chi connectivity index (χ1v) is 8.02. The molecule has 0 fully saturated rings. The molecule has 0 aliphatic heterocycles. The number of carboxylic acid groups (broad SMARTS) is 1. The molecule has 0 aliphatic rings. The summed E-state index contributed by atoms with van der Waals surface area (Å²) < 4.78 is 25.7. The van der Waals surface area contributed by atoms with Crippen molar-refractivity contribution >= 4 is 16.0 Å². The minimum Gasteiger partial charge on any atom is -0.480 e. The second-order valence-electron chi connectivity index (χ2n) is 4.67. The van der Waals surface area contributed by atoms with Gasteiger partial charge in [0.1, 0.15) is 6.04 Å². The Morgan fingerprint density at radius 1 is 1.25 bits per heavy atom. The van der Waals surface area contributed by atoms with Gasteiger partial charge in [0.25, 0.3) is 0 Å². The van der Waals surface area contributed by atoms with Gasteiger partial charge in [0.2, 0.25) is 10.0 Å². The molecule has 0 radical (unpaired) electrons. The smallest absolute Gasteiger partial charge is 0.321 e. The van der Waals surface area contributed by atoms with Crippen molar-refractivity contribution in [2.75, 3.05) is 7.05 Å². The molecule has 0 saturated carbocycles. The molecule has 1 N–H and O–H groups in total. The number of aryl methyl sites for hydroxylation is 2. The van der Waals surface area contributed by atoms with E-state index in [1.165, 1.54) is 14.0 Å². The van der Waals surface area contributed by atoms with Crippen LogP contribution in [-0.2, 0) is 27.7 Å². The van der Waals surface area contributed by atoms with E-state index in [2.05, 4.69) is 0 Å². The van der Waals surface area contributed by atoms with Crippen molar-refractivity contribution in [3.63, 3.8) is 0 Å². The van der Waals surface area contributed by atoms with E-state index < -0.39 is 22.0 Å². The molecule has 0 bridgehead atoms. The predicted octanol–water partition coefficient (Wildman–Crippen LogP) is 1.91. The molecule has 0 amide bonds. The zero-order valence-electron chi connectivity index (χ0n) is 12.3. The molecule has 112 valence electrons. The highest BCUT2D eigenvalue weighted by Crippen LogP contribution is 2.21. The van der Waals surface area contributed by atoms with E-state index in [1.54, 1.807) is 18.2 Å². The molecular weight excluding hydrogens is 278 g/mol. The van der Waals surface area contributed by atoms with Crippen molar-refractivity contribution in [1.82, 2.24) is 4.31 Å². The molecule has 1 unspecified atom stereocenters. The fourth-order valence-corrected chi connectivity index (χ4v) is 3.34. The van der Waals surface area contributed by atoms with E-state index in [9.17, 15) is 13.2 Å². The molecular formula is C14H21NO4S. The van der Waals surface area contributed by atoms with Crippen LogP contribution in [0.15, 0.2) is 23.1 Å². The monoisotopic (exact) mass is 299 g/mol. The fraction of sp³-hybridized carbons (Fsp3) is 0.500. The van der Waals surface area contributed by atoms with Crippen LogP contribution in [0, 0.1) is 0 Å². The van der Waals surface area contributed by atoms with Crippen molar-refractivity contribution in [2.24, 2.45) is 0 Å². The van der Waals surface area contributed by atoms with Gasteiger partial charge >= 0.3 is 5.97 Å². The van der Waals surface area contributed by atoms with E-state index in [-0.39, 0.29) is 4.90 Å². The normalized spacial score (nSPS) is 13.4. The van der Waals surface area contributed by atoms with Crippen LogP contribution in [0.25, 0.3) is 0 Å². The number of sulfonamides is 1. The second kappa shape index (κ2) is 6.37. The quantitative estimate of drug-likeness (QED) is 0.870. The van der Waals surface area contributed by atoms with E-state index in [4.69, 9.17) is 5.11 Å². The van der Waals surface area contributed by atoms with E-state index in [1.807, 2.05) is 13.8 Å². The molecule has 6 heteroatoms. The molecule has 0 heterocycles. The SMILES string of the molecule is CCc1ccc(S(=O)(=O)N(C)C(C)C(=O)O)cc1CC. The van der Waals surface area contributed by atoms with Gasteiger partial charge in [0.05, 0.1) is 4.90 Å². The average molecular weight is 299 g/mol. The minimum absolute atomic E-state index is 0.141. The Morgan fingerprint density at radius 2 is 1.80 bits per heavy atom. The Morgan fingerprint density at radius 3 is 2.25 bits per heavy atom. The highest BCUT2D eigenvalue weighted by Gasteiger charge is 2.29. The Bertz CT molecular complexity index is 595. The van der Waals surface area contributed by atoms with Gasteiger partial charge in [0, 0.05) is 7.05 Å². The Kier molecular flexibility index (Phi) is 5.30. The number of hydrogen-bond acceptors (Lipinski definition) is 3. The Hall–Kier alpha value is -1.40. The molecule has 0 saturated heterocycles. The molecule has 0 aliphatic carbocycles. The van der Waals surface area contributed by atoms with Crippen LogP contribution in [0.5, 0.6) is 0 Å². The molecule has 1 aromatic carbocycles. The summed E-state index contributed by atoms with van der Waals surface area (Å²) in [5.41, 5.74) is 2.09. The lowest BCUT2D eigenvalue weighted by Gasteiger charge is -2.21. The molecule has 0 aromatic heterocycles. The summed E-state index contributed by atoms with van der Waals surface area (Å²) in [6.07, 6.45) is 1.58. The first-order chi connectivity index (χ1) is 9.25. The zero-order valence-corrected chi connectivity index (χ0v) is 13.1. The molecule has 20 heavy (non-hydrogen) atoms. The van der Waals surface area contributed by atoms with Gasteiger partial charge < -0.3 is 5.11 Å². The lowest BCUT2D eigenvalue weighted by Crippen LogP contribution is -2.40. The maximum absolute atomic E-state index is 12.4. The molecule has 0 spiro atoms. The van der Waals surface area contributed by atoms with Crippen LogP contribution < -0.4 is 0 Å².